The summed E-state index contributed by atoms with van der Waals surface area (Å²) in [6.45, 7) is 30.2. The Bertz CT molecular complexity index is 536. The SMILES string of the molecule is C#CC[C@@H](C)[C@H](OCCCO[Si](C)(C)C(C)(C)C)C(C=C)O[Si](C)(C)C(C)(C)C. The zero-order valence-corrected chi connectivity index (χ0v) is 23.1. The Hall–Kier alpha value is -0.386. The van der Waals surface area contributed by atoms with E-state index in [0.29, 0.717) is 13.0 Å². The van der Waals surface area contributed by atoms with Crippen molar-refractivity contribution in [3.05, 3.63) is 12.7 Å². The number of hydrogen-bond donors (Lipinski definition) is 0. The quantitative estimate of drug-likeness (QED) is 0.141. The molecule has 0 aromatic heterocycles. The summed E-state index contributed by atoms with van der Waals surface area (Å²) >= 11 is 0. The fraction of sp³-hybridized carbons (Fsp3) is 0.833. The van der Waals surface area contributed by atoms with E-state index < -0.39 is 16.6 Å². The van der Waals surface area contributed by atoms with Gasteiger partial charge in [-0.05, 0) is 48.6 Å². The van der Waals surface area contributed by atoms with E-state index in [1.807, 2.05) is 6.08 Å². The standard InChI is InChI=1S/C24H48O3Si2/c1-14-17-20(3)22(21(15-2)27-29(12,13)24(7,8)9)25-18-16-19-26-28(10,11)23(4,5)6/h1,15,20-22H,2,16-19H2,3-13H3/t20-,21?,22+/m1/s1. The van der Waals surface area contributed by atoms with Crippen molar-refractivity contribution >= 4 is 16.6 Å². The fourth-order valence-corrected chi connectivity index (χ4v) is 4.83. The maximum Gasteiger partial charge on any atom is 0.193 e. The molecule has 1 unspecified atom stereocenters. The highest BCUT2D eigenvalue weighted by Crippen LogP contribution is 2.39. The molecule has 0 fully saturated rings. The lowest BCUT2D eigenvalue weighted by Gasteiger charge is -2.41. The summed E-state index contributed by atoms with van der Waals surface area (Å²) in [5.41, 5.74) is 0. The number of rotatable bonds is 12. The highest BCUT2D eigenvalue weighted by atomic mass is 28.4. The van der Waals surface area contributed by atoms with Crippen LogP contribution in [0.2, 0.25) is 36.3 Å². The van der Waals surface area contributed by atoms with Crippen LogP contribution in [0.4, 0.5) is 0 Å². The molecule has 0 aromatic rings. The second kappa shape index (κ2) is 11.3. The summed E-state index contributed by atoms with van der Waals surface area (Å²) in [6, 6.07) is 0. The third-order valence-electron chi connectivity index (χ3n) is 6.66. The number of ether oxygens (including phenoxy) is 1. The molecule has 0 rings (SSSR count). The topological polar surface area (TPSA) is 27.7 Å². The average Bonchev–Trinajstić information content (AvgIpc) is 2.54. The van der Waals surface area contributed by atoms with Crippen molar-refractivity contribution in [1.82, 2.24) is 0 Å². The molecule has 0 amide bonds. The Labute approximate surface area is 184 Å². The van der Waals surface area contributed by atoms with Crippen molar-refractivity contribution in [3.63, 3.8) is 0 Å². The molecule has 0 radical (unpaired) electrons. The predicted octanol–water partition coefficient (Wildman–Crippen LogP) is 7.02. The van der Waals surface area contributed by atoms with Crippen molar-refractivity contribution in [3.8, 4) is 12.3 Å². The van der Waals surface area contributed by atoms with Gasteiger partial charge in [0.15, 0.2) is 16.6 Å². The molecule has 0 aliphatic rings. The first kappa shape index (κ1) is 28.6. The van der Waals surface area contributed by atoms with E-state index in [1.165, 1.54) is 0 Å². The van der Waals surface area contributed by atoms with Crippen LogP contribution in [-0.4, -0.2) is 42.1 Å². The van der Waals surface area contributed by atoms with E-state index in [1.54, 1.807) is 0 Å². The van der Waals surface area contributed by atoms with Gasteiger partial charge in [-0.15, -0.1) is 18.9 Å². The van der Waals surface area contributed by atoms with E-state index in [-0.39, 0.29) is 28.2 Å². The van der Waals surface area contributed by atoms with Crippen molar-refractivity contribution in [2.24, 2.45) is 5.92 Å². The predicted molar refractivity (Wildman–Crippen MR) is 132 cm³/mol. The van der Waals surface area contributed by atoms with E-state index in [4.69, 9.17) is 20.0 Å². The van der Waals surface area contributed by atoms with E-state index >= 15 is 0 Å². The fourth-order valence-electron chi connectivity index (χ4n) is 2.47. The summed E-state index contributed by atoms with van der Waals surface area (Å²) in [4.78, 5) is 0. The minimum atomic E-state index is -1.94. The zero-order valence-electron chi connectivity index (χ0n) is 21.1. The van der Waals surface area contributed by atoms with E-state index in [0.717, 1.165) is 13.0 Å². The van der Waals surface area contributed by atoms with Gasteiger partial charge in [-0.25, -0.2) is 0 Å². The smallest absolute Gasteiger partial charge is 0.193 e. The van der Waals surface area contributed by atoms with Crippen molar-refractivity contribution in [1.29, 1.82) is 0 Å². The number of terminal acetylenes is 1. The van der Waals surface area contributed by atoms with Gasteiger partial charge in [-0.2, -0.15) is 0 Å². The van der Waals surface area contributed by atoms with Gasteiger partial charge in [0, 0.05) is 19.6 Å². The molecule has 3 atom stereocenters. The largest absolute Gasteiger partial charge is 0.417 e. The van der Waals surface area contributed by atoms with Crippen LogP contribution in [0.25, 0.3) is 0 Å². The van der Waals surface area contributed by atoms with Gasteiger partial charge in [-0.1, -0.05) is 54.5 Å². The Morgan fingerprint density at radius 1 is 0.966 bits per heavy atom. The van der Waals surface area contributed by atoms with Gasteiger partial charge in [0.2, 0.25) is 0 Å². The van der Waals surface area contributed by atoms with Crippen LogP contribution in [0.15, 0.2) is 12.7 Å². The minimum absolute atomic E-state index is 0.0921. The molecule has 0 spiro atoms. The molecule has 29 heavy (non-hydrogen) atoms. The zero-order chi connectivity index (χ0) is 23.1. The number of hydrogen-bond acceptors (Lipinski definition) is 3. The van der Waals surface area contributed by atoms with Crippen LogP contribution in [-0.2, 0) is 13.6 Å². The van der Waals surface area contributed by atoms with Gasteiger partial charge in [0.25, 0.3) is 0 Å². The van der Waals surface area contributed by atoms with Gasteiger partial charge < -0.3 is 13.6 Å². The summed E-state index contributed by atoms with van der Waals surface area (Å²) in [5.74, 6) is 2.98. The van der Waals surface area contributed by atoms with Crippen LogP contribution in [0.1, 0.15) is 61.3 Å². The van der Waals surface area contributed by atoms with Crippen LogP contribution in [0.3, 0.4) is 0 Å². The highest BCUT2D eigenvalue weighted by Gasteiger charge is 2.41. The van der Waals surface area contributed by atoms with Crippen molar-refractivity contribution < 1.29 is 13.6 Å². The molecule has 170 valence electrons. The molecule has 0 bridgehead atoms. The van der Waals surface area contributed by atoms with Crippen molar-refractivity contribution in [2.75, 3.05) is 13.2 Å². The summed E-state index contributed by atoms with van der Waals surface area (Å²) < 4.78 is 19.3. The Morgan fingerprint density at radius 3 is 1.90 bits per heavy atom. The maximum atomic E-state index is 6.64. The third-order valence-corrected chi connectivity index (χ3v) is 15.7. The minimum Gasteiger partial charge on any atom is -0.417 e. The van der Waals surface area contributed by atoms with Crippen LogP contribution < -0.4 is 0 Å². The summed E-state index contributed by atoms with van der Waals surface area (Å²) in [5, 5.41) is 0.355. The van der Waals surface area contributed by atoms with Gasteiger partial charge in [0.05, 0.1) is 12.2 Å². The first-order valence-electron chi connectivity index (χ1n) is 11.0. The van der Waals surface area contributed by atoms with Crippen LogP contribution in [0, 0.1) is 18.3 Å². The lowest BCUT2D eigenvalue weighted by atomic mass is 9.96. The molecule has 0 heterocycles. The summed E-state index contributed by atoms with van der Waals surface area (Å²) in [6.07, 6.45) is 8.77. The Balaban J connectivity index is 5.03. The second-order valence-electron chi connectivity index (χ2n) is 11.3. The normalized spacial score (nSPS) is 16.8. The first-order chi connectivity index (χ1) is 13.0. The van der Waals surface area contributed by atoms with E-state index in [9.17, 15) is 0 Å². The summed E-state index contributed by atoms with van der Waals surface area (Å²) in [7, 11) is -3.66. The molecular formula is C24H48O3Si2. The third kappa shape index (κ3) is 9.10. The molecule has 0 aliphatic heterocycles. The molecule has 5 heteroatoms. The van der Waals surface area contributed by atoms with E-state index in [2.05, 4.69) is 87.2 Å². The van der Waals surface area contributed by atoms with Gasteiger partial charge >= 0.3 is 0 Å². The first-order valence-corrected chi connectivity index (χ1v) is 16.8. The molecule has 3 nitrogen and oxygen atoms in total. The van der Waals surface area contributed by atoms with Gasteiger partial charge in [-0.3, -0.25) is 0 Å². The van der Waals surface area contributed by atoms with Crippen LogP contribution in [0.5, 0.6) is 0 Å². The molecule has 0 aromatic carbocycles. The molecule has 0 saturated carbocycles. The monoisotopic (exact) mass is 440 g/mol. The Kier molecular flexibility index (Phi) is 11.1. The maximum absolute atomic E-state index is 6.64. The molecular weight excluding hydrogens is 392 g/mol. The second-order valence-corrected chi connectivity index (χ2v) is 20.8. The van der Waals surface area contributed by atoms with Crippen molar-refractivity contribution in [2.45, 2.75) is 110 Å². The Morgan fingerprint density at radius 2 is 1.48 bits per heavy atom. The molecule has 0 N–H and O–H groups in total. The average molecular weight is 441 g/mol. The van der Waals surface area contributed by atoms with Crippen LogP contribution >= 0.6 is 0 Å². The lowest BCUT2D eigenvalue weighted by molar-refractivity contribution is -0.0441. The lowest BCUT2D eigenvalue weighted by Crippen LogP contribution is -2.48. The molecule has 0 aliphatic carbocycles. The van der Waals surface area contributed by atoms with Gasteiger partial charge in [0.1, 0.15) is 0 Å². The molecule has 0 saturated heterocycles. The highest BCUT2D eigenvalue weighted by molar-refractivity contribution is 6.74.